The van der Waals surface area contributed by atoms with Crippen LogP contribution in [-0.4, -0.2) is 30.7 Å². The summed E-state index contributed by atoms with van der Waals surface area (Å²) in [7, 11) is -2.09. The summed E-state index contributed by atoms with van der Waals surface area (Å²) in [5, 5.41) is 2.92. The molecule has 3 aromatic rings. The van der Waals surface area contributed by atoms with Gasteiger partial charge in [0.05, 0.1) is 15.7 Å². The van der Waals surface area contributed by atoms with Crippen LogP contribution < -0.4 is 15.5 Å². The Balaban J connectivity index is 1.95. The van der Waals surface area contributed by atoms with Crippen molar-refractivity contribution in [3.63, 3.8) is 0 Å². The zero-order valence-electron chi connectivity index (χ0n) is 19.2. The second kappa shape index (κ2) is 10.9. The molecule has 0 atom stereocenters. The predicted octanol–water partition coefficient (Wildman–Crippen LogP) is 3.77. The Kier molecular flexibility index (Phi) is 8.17. The van der Waals surface area contributed by atoms with Crippen LogP contribution in [0.2, 0.25) is 5.02 Å². The van der Waals surface area contributed by atoms with Crippen LogP contribution in [0.3, 0.4) is 0 Å². The third-order valence-electron chi connectivity index (χ3n) is 5.16. The molecule has 0 fully saturated rings. The van der Waals surface area contributed by atoms with Crippen LogP contribution in [0.1, 0.15) is 35.6 Å². The summed E-state index contributed by atoms with van der Waals surface area (Å²) in [5.74, 6) is -0.838. The van der Waals surface area contributed by atoms with Crippen molar-refractivity contribution in [2.24, 2.45) is 7.05 Å². The van der Waals surface area contributed by atoms with Crippen LogP contribution in [0.15, 0.2) is 70.4 Å². The number of sulfone groups is 1. The number of hydrogen-bond donors (Lipinski definition) is 1. The highest BCUT2D eigenvalue weighted by Crippen LogP contribution is 2.23. The molecular formula is C25H27ClN2O5S. The van der Waals surface area contributed by atoms with Crippen molar-refractivity contribution >= 4 is 27.3 Å². The van der Waals surface area contributed by atoms with E-state index in [0.717, 1.165) is 5.56 Å². The quantitative estimate of drug-likeness (QED) is 0.480. The van der Waals surface area contributed by atoms with Gasteiger partial charge < -0.3 is 14.6 Å². The Morgan fingerprint density at radius 1 is 1.09 bits per heavy atom. The van der Waals surface area contributed by atoms with E-state index in [2.05, 4.69) is 5.32 Å². The number of benzene rings is 2. The first kappa shape index (κ1) is 25.5. The monoisotopic (exact) mass is 502 g/mol. The van der Waals surface area contributed by atoms with E-state index in [-0.39, 0.29) is 46.2 Å². The molecule has 1 amide bonds. The van der Waals surface area contributed by atoms with Crippen LogP contribution in [0.5, 0.6) is 5.75 Å². The predicted molar refractivity (Wildman–Crippen MR) is 132 cm³/mol. The van der Waals surface area contributed by atoms with Gasteiger partial charge in [-0.05, 0) is 31.5 Å². The summed E-state index contributed by atoms with van der Waals surface area (Å²) in [6.07, 6.45) is 0.0141. The van der Waals surface area contributed by atoms with Gasteiger partial charge in [-0.3, -0.25) is 9.59 Å². The summed E-state index contributed by atoms with van der Waals surface area (Å²) in [5.41, 5.74) is 0.784. The van der Waals surface area contributed by atoms with E-state index in [1.807, 2.05) is 30.3 Å². The molecule has 1 N–H and O–H groups in total. The van der Waals surface area contributed by atoms with Crippen molar-refractivity contribution in [1.29, 1.82) is 0 Å². The number of hydrogen-bond acceptors (Lipinski definition) is 5. The van der Waals surface area contributed by atoms with Gasteiger partial charge in [0.1, 0.15) is 6.61 Å². The second-order valence-corrected chi connectivity index (χ2v) is 10.6. The van der Waals surface area contributed by atoms with Crippen molar-refractivity contribution < 1.29 is 17.9 Å². The summed E-state index contributed by atoms with van der Waals surface area (Å²) < 4.78 is 33.0. The van der Waals surface area contributed by atoms with E-state index in [1.54, 1.807) is 33.0 Å². The van der Waals surface area contributed by atoms with E-state index >= 15 is 0 Å². The lowest BCUT2D eigenvalue weighted by molar-refractivity contribution is 0.0927. The number of pyridine rings is 1. The molecule has 0 saturated carbocycles. The molecule has 0 aliphatic rings. The van der Waals surface area contributed by atoms with Crippen LogP contribution in [0, 0.1) is 0 Å². The number of nitrogens with zero attached hydrogens (tertiary/aromatic N) is 1. The molecule has 3 rings (SSSR count). The number of halogens is 1. The lowest BCUT2D eigenvalue weighted by atomic mass is 10.2. The number of rotatable bonds is 9. The molecule has 180 valence electrons. The smallest absolute Gasteiger partial charge is 0.272 e. The van der Waals surface area contributed by atoms with Crippen molar-refractivity contribution in [3.05, 3.63) is 92.9 Å². The maximum absolute atomic E-state index is 13.0. The second-order valence-electron chi connectivity index (χ2n) is 8.14. The average Bonchev–Trinajstić information content (AvgIpc) is 2.78. The van der Waals surface area contributed by atoms with E-state index < -0.39 is 21.2 Å². The first-order chi connectivity index (χ1) is 16.1. The molecule has 34 heavy (non-hydrogen) atoms. The Morgan fingerprint density at radius 2 is 1.74 bits per heavy atom. The molecule has 0 aliphatic carbocycles. The van der Waals surface area contributed by atoms with Crippen LogP contribution in [-0.2, 0) is 29.9 Å². The van der Waals surface area contributed by atoms with Gasteiger partial charge in [0, 0.05) is 31.3 Å². The molecule has 9 heteroatoms. The van der Waals surface area contributed by atoms with E-state index in [4.69, 9.17) is 16.3 Å². The fourth-order valence-electron chi connectivity index (χ4n) is 3.47. The Bertz CT molecular complexity index is 1340. The summed E-state index contributed by atoms with van der Waals surface area (Å²) >= 11 is 6.06. The minimum Gasteiger partial charge on any atom is -0.483 e. The van der Waals surface area contributed by atoms with Gasteiger partial charge in [0.25, 0.3) is 5.91 Å². The number of aromatic nitrogens is 1. The fourth-order valence-corrected chi connectivity index (χ4v) is 5.30. The third-order valence-corrected chi connectivity index (χ3v) is 7.37. The Hall–Kier alpha value is -3.10. The zero-order valence-corrected chi connectivity index (χ0v) is 20.8. The molecule has 0 spiro atoms. The van der Waals surface area contributed by atoms with Gasteiger partial charge in [0.2, 0.25) is 5.43 Å². The molecule has 7 nitrogen and oxygen atoms in total. The van der Waals surface area contributed by atoms with Gasteiger partial charge in [-0.15, -0.1) is 0 Å². The number of amides is 1. The molecular weight excluding hydrogens is 476 g/mol. The van der Waals surface area contributed by atoms with Crippen molar-refractivity contribution in [1.82, 2.24) is 9.88 Å². The minimum absolute atomic E-state index is 0.0141. The zero-order chi connectivity index (χ0) is 24.9. The van der Waals surface area contributed by atoms with E-state index in [0.29, 0.717) is 5.69 Å². The molecule has 0 bridgehead atoms. The first-order valence-electron chi connectivity index (χ1n) is 10.8. The van der Waals surface area contributed by atoms with Gasteiger partial charge >= 0.3 is 0 Å². The van der Waals surface area contributed by atoms with Crippen molar-refractivity contribution in [2.45, 2.75) is 37.8 Å². The summed E-state index contributed by atoms with van der Waals surface area (Å²) in [4.78, 5) is 26.0. The highest BCUT2D eigenvalue weighted by molar-refractivity contribution is 7.91. The maximum Gasteiger partial charge on any atom is 0.272 e. The molecule has 0 saturated heterocycles. The third kappa shape index (κ3) is 6.07. The molecule has 1 aromatic heterocycles. The van der Waals surface area contributed by atoms with Gasteiger partial charge in [-0.25, -0.2) is 8.42 Å². The summed E-state index contributed by atoms with van der Waals surface area (Å²) in [6.45, 7) is 3.72. The topological polar surface area (TPSA) is 94.5 Å². The maximum atomic E-state index is 13.0. The Labute approximate surface area is 204 Å². The van der Waals surface area contributed by atoms with Crippen LogP contribution >= 0.6 is 11.6 Å². The molecule has 1 heterocycles. The van der Waals surface area contributed by atoms with Gasteiger partial charge in [0.15, 0.2) is 21.3 Å². The number of aryl methyl sites for hydroxylation is 1. The van der Waals surface area contributed by atoms with Crippen LogP contribution in [0.4, 0.5) is 0 Å². The highest BCUT2D eigenvalue weighted by atomic mass is 35.5. The molecule has 0 radical (unpaired) electrons. The standard InChI is InChI=1S/C25H27ClN2O5S/c1-17(2)27-25(30)23-24(33-16-18-9-5-4-6-10-18)21(29)15-19(28(23)3)13-14-34(31,32)22-12-8-7-11-20(22)26/h4-12,15,17H,13-14,16H2,1-3H3,(H,27,30). The van der Waals surface area contributed by atoms with Crippen LogP contribution in [0.25, 0.3) is 0 Å². The summed E-state index contributed by atoms with van der Waals surface area (Å²) in [6, 6.07) is 16.6. The number of carbonyl (C=O) groups excluding carboxylic acids is 1. The van der Waals surface area contributed by atoms with E-state index in [1.165, 1.54) is 22.8 Å². The average molecular weight is 503 g/mol. The molecule has 0 aliphatic heterocycles. The SMILES string of the molecule is CC(C)NC(=O)c1c(OCc2ccccc2)c(=O)cc(CCS(=O)(=O)c2ccccc2Cl)n1C. The van der Waals surface area contributed by atoms with Crippen molar-refractivity contribution in [3.8, 4) is 5.75 Å². The Morgan fingerprint density at radius 3 is 2.38 bits per heavy atom. The van der Waals surface area contributed by atoms with Crippen molar-refractivity contribution in [2.75, 3.05) is 5.75 Å². The van der Waals surface area contributed by atoms with E-state index in [9.17, 15) is 18.0 Å². The van der Waals surface area contributed by atoms with Gasteiger partial charge in [-0.1, -0.05) is 54.1 Å². The fraction of sp³-hybridized carbons (Fsp3) is 0.280. The number of ether oxygens (including phenoxy) is 1. The molecule has 2 aromatic carbocycles. The molecule has 0 unspecified atom stereocenters. The number of carbonyl (C=O) groups is 1. The van der Waals surface area contributed by atoms with Gasteiger partial charge in [-0.2, -0.15) is 0 Å². The minimum atomic E-state index is -3.71. The highest BCUT2D eigenvalue weighted by Gasteiger charge is 2.24. The first-order valence-corrected chi connectivity index (χ1v) is 12.8. The lowest BCUT2D eigenvalue weighted by Gasteiger charge is -2.19. The number of nitrogens with one attached hydrogen (secondary N) is 1. The largest absolute Gasteiger partial charge is 0.483 e. The normalized spacial score (nSPS) is 11.4. The lowest BCUT2D eigenvalue weighted by Crippen LogP contribution is -2.34.